The van der Waals surface area contributed by atoms with Gasteiger partial charge in [0.15, 0.2) is 0 Å². The molecule has 0 radical (unpaired) electrons. The number of hydrogen-bond donors (Lipinski definition) is 1. The van der Waals surface area contributed by atoms with Crippen molar-refractivity contribution in [3.63, 3.8) is 0 Å². The van der Waals surface area contributed by atoms with Crippen LogP contribution in [-0.4, -0.2) is 6.54 Å². The van der Waals surface area contributed by atoms with Gasteiger partial charge in [-0.1, -0.05) is 40.9 Å². The predicted molar refractivity (Wildman–Crippen MR) is 59.7 cm³/mol. The van der Waals surface area contributed by atoms with Crippen molar-refractivity contribution in [3.8, 4) is 0 Å². The van der Waals surface area contributed by atoms with E-state index in [0.29, 0.717) is 16.6 Å². The number of anilines is 1. The van der Waals surface area contributed by atoms with Gasteiger partial charge in [0.25, 0.3) is 0 Å². The van der Waals surface area contributed by atoms with Gasteiger partial charge in [-0.3, -0.25) is 0 Å². The molecule has 0 aliphatic rings. The van der Waals surface area contributed by atoms with Gasteiger partial charge in [-0.15, -0.1) is 0 Å². The zero-order valence-corrected chi connectivity index (χ0v) is 9.00. The Morgan fingerprint density at radius 3 is 2.85 bits per heavy atom. The lowest BCUT2D eigenvalue weighted by Gasteiger charge is -2.04. The van der Waals surface area contributed by atoms with Crippen LogP contribution >= 0.6 is 34.8 Å². The monoisotopic (exact) mass is 235 g/mol. The SMILES string of the molecule is ClC=C(Cl)CNc1cccc(Cl)c1. The summed E-state index contributed by atoms with van der Waals surface area (Å²) in [5.74, 6) is 0. The second-order valence-electron chi connectivity index (χ2n) is 2.42. The molecule has 0 saturated carbocycles. The van der Waals surface area contributed by atoms with Crippen molar-refractivity contribution in [1.82, 2.24) is 0 Å². The molecule has 4 heteroatoms. The van der Waals surface area contributed by atoms with E-state index >= 15 is 0 Å². The Bertz CT molecular complexity index is 309. The number of rotatable bonds is 3. The maximum absolute atomic E-state index is 5.78. The zero-order chi connectivity index (χ0) is 9.68. The molecule has 0 aromatic heterocycles. The van der Waals surface area contributed by atoms with E-state index in [1.807, 2.05) is 24.3 Å². The van der Waals surface area contributed by atoms with E-state index < -0.39 is 0 Å². The Hall–Kier alpha value is -0.370. The summed E-state index contributed by atoms with van der Waals surface area (Å²) < 4.78 is 0. The zero-order valence-electron chi connectivity index (χ0n) is 6.73. The van der Waals surface area contributed by atoms with E-state index in [9.17, 15) is 0 Å². The van der Waals surface area contributed by atoms with Gasteiger partial charge in [-0.05, 0) is 18.2 Å². The first kappa shape index (κ1) is 10.7. The van der Waals surface area contributed by atoms with Crippen molar-refractivity contribution < 1.29 is 0 Å². The normalized spacial score (nSPS) is 11.5. The molecule has 0 amide bonds. The molecule has 0 aliphatic carbocycles. The highest BCUT2D eigenvalue weighted by Gasteiger charge is 1.94. The summed E-state index contributed by atoms with van der Waals surface area (Å²) in [5.41, 5.74) is 2.25. The Morgan fingerprint density at radius 2 is 2.23 bits per heavy atom. The van der Waals surface area contributed by atoms with Crippen LogP contribution in [0.1, 0.15) is 0 Å². The second kappa shape index (κ2) is 5.38. The maximum Gasteiger partial charge on any atom is 0.0516 e. The molecule has 0 heterocycles. The van der Waals surface area contributed by atoms with E-state index in [2.05, 4.69) is 5.32 Å². The third-order valence-electron chi connectivity index (χ3n) is 1.40. The molecule has 1 nitrogen and oxygen atoms in total. The quantitative estimate of drug-likeness (QED) is 0.834. The lowest BCUT2D eigenvalue weighted by atomic mass is 10.3. The fourth-order valence-electron chi connectivity index (χ4n) is 0.824. The third kappa shape index (κ3) is 3.90. The van der Waals surface area contributed by atoms with Crippen LogP contribution in [0.5, 0.6) is 0 Å². The van der Waals surface area contributed by atoms with Gasteiger partial charge in [0.1, 0.15) is 0 Å². The summed E-state index contributed by atoms with van der Waals surface area (Å²) in [6.07, 6.45) is 0. The van der Waals surface area contributed by atoms with E-state index in [0.717, 1.165) is 5.69 Å². The molecule has 1 aromatic rings. The van der Waals surface area contributed by atoms with Crippen molar-refractivity contribution in [2.45, 2.75) is 0 Å². The summed E-state index contributed by atoms with van der Waals surface area (Å²) in [5, 5.41) is 4.31. The highest BCUT2D eigenvalue weighted by atomic mass is 35.5. The Balaban J connectivity index is 2.55. The molecule has 0 unspecified atom stereocenters. The number of nitrogens with one attached hydrogen (secondary N) is 1. The first-order chi connectivity index (χ1) is 6.22. The molecular formula is C9H8Cl3N. The standard InChI is InChI=1S/C9H8Cl3N/c10-5-8(12)6-13-9-3-1-2-7(11)4-9/h1-5,13H,6H2. The van der Waals surface area contributed by atoms with Crippen LogP contribution in [0, 0.1) is 0 Å². The van der Waals surface area contributed by atoms with Crippen LogP contribution in [0.15, 0.2) is 34.8 Å². The molecule has 0 aliphatic heterocycles. The van der Waals surface area contributed by atoms with Crippen LogP contribution in [0.2, 0.25) is 5.02 Å². The minimum Gasteiger partial charge on any atom is -0.380 e. The highest BCUT2D eigenvalue weighted by molar-refractivity contribution is 6.36. The fraction of sp³-hybridized carbons (Fsp3) is 0.111. The van der Waals surface area contributed by atoms with E-state index in [4.69, 9.17) is 34.8 Å². The molecule has 0 saturated heterocycles. The van der Waals surface area contributed by atoms with Crippen LogP contribution in [0.25, 0.3) is 0 Å². The Morgan fingerprint density at radius 1 is 1.46 bits per heavy atom. The molecule has 0 fully saturated rings. The average molecular weight is 237 g/mol. The van der Waals surface area contributed by atoms with E-state index in [1.165, 1.54) is 5.54 Å². The lowest BCUT2D eigenvalue weighted by Crippen LogP contribution is -2.00. The van der Waals surface area contributed by atoms with Crippen LogP contribution in [0.3, 0.4) is 0 Å². The van der Waals surface area contributed by atoms with Gasteiger partial charge in [-0.2, -0.15) is 0 Å². The second-order valence-corrected chi connectivity index (χ2v) is 3.56. The Labute approximate surface area is 92.3 Å². The van der Waals surface area contributed by atoms with Gasteiger partial charge < -0.3 is 5.32 Å². The van der Waals surface area contributed by atoms with Crippen molar-refractivity contribution >= 4 is 40.5 Å². The van der Waals surface area contributed by atoms with Gasteiger partial charge >= 0.3 is 0 Å². The Kier molecular flexibility index (Phi) is 4.43. The number of hydrogen-bond acceptors (Lipinski definition) is 1. The molecule has 70 valence electrons. The van der Waals surface area contributed by atoms with Crippen molar-refractivity contribution in [2.24, 2.45) is 0 Å². The van der Waals surface area contributed by atoms with Crippen LogP contribution < -0.4 is 5.32 Å². The van der Waals surface area contributed by atoms with Crippen LogP contribution in [-0.2, 0) is 0 Å². The fourth-order valence-corrected chi connectivity index (χ4v) is 1.16. The first-order valence-electron chi connectivity index (χ1n) is 3.66. The van der Waals surface area contributed by atoms with Gasteiger partial charge in [-0.25, -0.2) is 0 Å². The number of halogens is 3. The molecule has 1 rings (SSSR count). The summed E-state index contributed by atoms with van der Waals surface area (Å²) >= 11 is 16.9. The molecular weight excluding hydrogens is 228 g/mol. The van der Waals surface area contributed by atoms with Gasteiger partial charge in [0.05, 0.1) is 6.54 Å². The lowest BCUT2D eigenvalue weighted by molar-refractivity contribution is 1.31. The topological polar surface area (TPSA) is 12.0 Å². The number of benzene rings is 1. The van der Waals surface area contributed by atoms with Gasteiger partial charge in [0, 0.05) is 21.3 Å². The van der Waals surface area contributed by atoms with Crippen molar-refractivity contribution in [1.29, 1.82) is 0 Å². The molecule has 1 aromatic carbocycles. The predicted octanol–water partition coefficient (Wildman–Crippen LogP) is 4.07. The molecule has 0 atom stereocenters. The largest absolute Gasteiger partial charge is 0.380 e. The van der Waals surface area contributed by atoms with E-state index in [-0.39, 0.29) is 0 Å². The molecule has 13 heavy (non-hydrogen) atoms. The summed E-state index contributed by atoms with van der Waals surface area (Å²) in [7, 11) is 0. The first-order valence-corrected chi connectivity index (χ1v) is 4.86. The summed E-state index contributed by atoms with van der Waals surface area (Å²) in [6, 6.07) is 7.40. The minimum atomic E-state index is 0.505. The van der Waals surface area contributed by atoms with Crippen molar-refractivity contribution in [2.75, 3.05) is 11.9 Å². The highest BCUT2D eigenvalue weighted by Crippen LogP contribution is 2.15. The minimum absolute atomic E-state index is 0.505. The van der Waals surface area contributed by atoms with Crippen molar-refractivity contribution in [3.05, 3.63) is 39.9 Å². The molecule has 1 N–H and O–H groups in total. The maximum atomic E-state index is 5.78. The van der Waals surface area contributed by atoms with Crippen LogP contribution in [0.4, 0.5) is 5.69 Å². The average Bonchev–Trinajstić information content (AvgIpc) is 2.14. The third-order valence-corrected chi connectivity index (χ3v) is 2.26. The summed E-state index contributed by atoms with van der Waals surface area (Å²) in [6.45, 7) is 0.505. The molecule has 0 spiro atoms. The smallest absolute Gasteiger partial charge is 0.0516 e. The van der Waals surface area contributed by atoms with E-state index in [1.54, 1.807) is 0 Å². The van der Waals surface area contributed by atoms with Gasteiger partial charge in [0.2, 0.25) is 0 Å². The summed E-state index contributed by atoms with van der Waals surface area (Å²) in [4.78, 5) is 0. The molecule has 0 bridgehead atoms.